The van der Waals surface area contributed by atoms with Crippen molar-refractivity contribution in [2.45, 2.75) is 309 Å². The zero-order valence-corrected chi connectivity index (χ0v) is 51.6. The predicted molar refractivity (Wildman–Crippen MR) is 343 cm³/mol. The van der Waals surface area contributed by atoms with Crippen LogP contribution in [0.4, 0.5) is 0 Å². The second-order valence-corrected chi connectivity index (χ2v) is 21.6. The van der Waals surface area contributed by atoms with Crippen LogP contribution >= 0.6 is 0 Å². The molecule has 0 aliphatic rings. The maximum atomic E-state index is 12.9. The van der Waals surface area contributed by atoms with Crippen LogP contribution in [0.1, 0.15) is 303 Å². The third kappa shape index (κ3) is 64.5. The topological polar surface area (TPSA) is 78.9 Å². The van der Waals surface area contributed by atoms with Gasteiger partial charge in [0.05, 0.1) is 0 Å². The maximum absolute atomic E-state index is 12.9. The van der Waals surface area contributed by atoms with E-state index in [9.17, 15) is 14.4 Å². The molecule has 450 valence electrons. The van der Waals surface area contributed by atoms with E-state index in [4.69, 9.17) is 14.2 Å². The number of carbonyl (C=O) groups is 3. The van der Waals surface area contributed by atoms with Crippen LogP contribution in [0, 0.1) is 0 Å². The first-order valence-corrected chi connectivity index (χ1v) is 33.0. The van der Waals surface area contributed by atoms with E-state index in [0.29, 0.717) is 12.8 Å². The fourth-order valence-corrected chi connectivity index (χ4v) is 9.09. The van der Waals surface area contributed by atoms with Gasteiger partial charge in [-0.1, -0.05) is 296 Å². The first-order chi connectivity index (χ1) is 39.0. The zero-order chi connectivity index (χ0) is 57.1. The molecule has 0 aromatic rings. The molecule has 0 aromatic heterocycles. The van der Waals surface area contributed by atoms with Crippen LogP contribution < -0.4 is 0 Å². The summed E-state index contributed by atoms with van der Waals surface area (Å²) in [5.41, 5.74) is 0. The highest BCUT2D eigenvalue weighted by Crippen LogP contribution is 2.17. The first-order valence-electron chi connectivity index (χ1n) is 33.0. The van der Waals surface area contributed by atoms with Gasteiger partial charge >= 0.3 is 17.9 Å². The van der Waals surface area contributed by atoms with Gasteiger partial charge in [-0.15, -0.1) is 0 Å². The van der Waals surface area contributed by atoms with Crippen LogP contribution in [0.5, 0.6) is 0 Å². The average molecular weight is 1100 g/mol. The Hall–Kier alpha value is -4.19. The van der Waals surface area contributed by atoms with Crippen molar-refractivity contribution in [3.63, 3.8) is 0 Å². The third-order valence-corrected chi connectivity index (χ3v) is 14.0. The van der Waals surface area contributed by atoms with Crippen LogP contribution in [-0.4, -0.2) is 37.2 Å². The van der Waals surface area contributed by atoms with Gasteiger partial charge in [0.25, 0.3) is 0 Å². The van der Waals surface area contributed by atoms with Crippen LogP contribution in [0.2, 0.25) is 0 Å². The molecule has 0 saturated heterocycles. The minimum absolute atomic E-state index is 0.103. The summed E-state index contributed by atoms with van der Waals surface area (Å²) in [5, 5.41) is 0. The fourth-order valence-electron chi connectivity index (χ4n) is 9.09. The van der Waals surface area contributed by atoms with Crippen molar-refractivity contribution in [3.05, 3.63) is 122 Å². The second-order valence-electron chi connectivity index (χ2n) is 21.6. The summed E-state index contributed by atoms with van der Waals surface area (Å²) in [6.45, 7) is 6.39. The largest absolute Gasteiger partial charge is 0.462 e. The van der Waals surface area contributed by atoms with Crippen molar-refractivity contribution in [2.75, 3.05) is 13.2 Å². The van der Waals surface area contributed by atoms with E-state index >= 15 is 0 Å². The number of esters is 3. The minimum atomic E-state index is -0.814. The lowest BCUT2D eigenvalue weighted by molar-refractivity contribution is -0.167. The zero-order valence-electron chi connectivity index (χ0n) is 51.6. The molecule has 0 aliphatic carbocycles. The highest BCUT2D eigenvalue weighted by molar-refractivity contribution is 5.71. The Balaban J connectivity index is 4.46. The quantitative estimate of drug-likeness (QED) is 0.0261. The molecule has 0 rings (SSSR count). The Bertz CT molecular complexity index is 1640. The molecule has 1 unspecified atom stereocenters. The number of rotatable bonds is 59. The summed E-state index contributed by atoms with van der Waals surface area (Å²) < 4.78 is 16.9. The summed E-state index contributed by atoms with van der Waals surface area (Å²) in [4.78, 5) is 38.4. The van der Waals surface area contributed by atoms with Gasteiger partial charge in [0.2, 0.25) is 0 Å². The Kier molecular flexibility index (Phi) is 62.8. The summed E-state index contributed by atoms with van der Waals surface area (Å²) in [6.07, 6.45) is 92.1. The maximum Gasteiger partial charge on any atom is 0.306 e. The van der Waals surface area contributed by atoms with Gasteiger partial charge in [0.1, 0.15) is 13.2 Å². The number of unbranched alkanes of at least 4 members (excludes halogenated alkanes) is 28. The van der Waals surface area contributed by atoms with Crippen molar-refractivity contribution in [2.24, 2.45) is 0 Å². The summed E-state index contributed by atoms with van der Waals surface area (Å²) in [7, 11) is 0. The monoisotopic (exact) mass is 1090 g/mol. The van der Waals surface area contributed by atoms with Crippen LogP contribution in [-0.2, 0) is 28.6 Å². The van der Waals surface area contributed by atoms with Crippen molar-refractivity contribution < 1.29 is 28.6 Å². The molecular formula is C73H122O6. The van der Waals surface area contributed by atoms with Crippen molar-refractivity contribution in [1.29, 1.82) is 0 Å². The molecule has 0 fully saturated rings. The lowest BCUT2D eigenvalue weighted by atomic mass is 10.0. The van der Waals surface area contributed by atoms with Gasteiger partial charge in [0.15, 0.2) is 6.10 Å². The summed E-state index contributed by atoms with van der Waals surface area (Å²) in [5.74, 6) is -0.961. The van der Waals surface area contributed by atoms with Gasteiger partial charge in [-0.2, -0.15) is 0 Å². The van der Waals surface area contributed by atoms with E-state index in [1.807, 2.05) is 0 Å². The van der Waals surface area contributed by atoms with Gasteiger partial charge in [-0.25, -0.2) is 0 Å². The lowest BCUT2D eigenvalue weighted by Crippen LogP contribution is -2.30. The molecule has 6 heteroatoms. The highest BCUT2D eigenvalue weighted by atomic mass is 16.6. The van der Waals surface area contributed by atoms with Crippen molar-refractivity contribution in [1.82, 2.24) is 0 Å². The summed E-state index contributed by atoms with van der Waals surface area (Å²) in [6, 6.07) is 0. The van der Waals surface area contributed by atoms with Crippen LogP contribution in [0.25, 0.3) is 0 Å². The molecule has 0 amide bonds. The highest BCUT2D eigenvalue weighted by Gasteiger charge is 2.19. The Labute approximate surface area is 488 Å². The number of carbonyl (C=O) groups excluding carboxylic acids is 3. The summed E-state index contributed by atoms with van der Waals surface area (Å²) >= 11 is 0. The van der Waals surface area contributed by atoms with Crippen LogP contribution in [0.3, 0.4) is 0 Å². The van der Waals surface area contributed by atoms with E-state index in [0.717, 1.165) is 135 Å². The molecule has 0 N–H and O–H groups in total. The van der Waals surface area contributed by atoms with Gasteiger partial charge in [-0.3, -0.25) is 14.4 Å². The number of allylic oxidation sites excluding steroid dienone is 20. The van der Waals surface area contributed by atoms with E-state index in [1.165, 1.54) is 128 Å². The van der Waals surface area contributed by atoms with Gasteiger partial charge in [-0.05, 0) is 109 Å². The van der Waals surface area contributed by atoms with E-state index < -0.39 is 6.10 Å². The standard InChI is InChI=1S/C73H122O6/c1-4-7-10-13-16-19-22-25-28-31-34-35-36-37-40-42-45-48-51-54-57-60-63-66-72(75)78-69-70(79-73(76)67-64-61-58-55-52-49-46-43-39-33-30-27-24-21-18-15-12-9-6-3)68-77-71(74)65-62-59-56-53-50-47-44-41-38-32-29-26-23-20-17-14-11-8-5-2/h8-9,11-12,17-18,20-21,26-27,29-30,38-39,41,43,47,49-50,52,70H,4-7,10,13-16,19,22-25,28,31-37,40,42,44-46,48,51,53-69H2,1-3H3/b11-8-,12-9-,20-17-,21-18-,29-26-,30-27-,41-38-,43-39-,50-47-,52-49-. The smallest absolute Gasteiger partial charge is 0.306 e. The molecular weight excluding hydrogens is 973 g/mol. The average Bonchev–Trinajstić information content (AvgIpc) is 3.45. The molecule has 0 saturated carbocycles. The number of hydrogen-bond acceptors (Lipinski definition) is 6. The van der Waals surface area contributed by atoms with E-state index in [1.54, 1.807) is 0 Å². The molecule has 6 nitrogen and oxygen atoms in total. The first kappa shape index (κ1) is 74.8. The minimum Gasteiger partial charge on any atom is -0.462 e. The Morgan fingerprint density at radius 3 is 0.772 bits per heavy atom. The molecule has 0 radical (unpaired) electrons. The van der Waals surface area contributed by atoms with Gasteiger partial charge in [0, 0.05) is 19.3 Å². The van der Waals surface area contributed by atoms with E-state index in [2.05, 4.69) is 142 Å². The second kappa shape index (κ2) is 66.3. The fraction of sp³-hybridized carbons (Fsp3) is 0.685. The Morgan fingerprint density at radius 1 is 0.266 bits per heavy atom. The van der Waals surface area contributed by atoms with Crippen LogP contribution in [0.15, 0.2) is 122 Å². The number of ether oxygens (including phenoxy) is 3. The lowest BCUT2D eigenvalue weighted by Gasteiger charge is -2.18. The van der Waals surface area contributed by atoms with Crippen molar-refractivity contribution >= 4 is 17.9 Å². The molecule has 0 aromatic carbocycles. The van der Waals surface area contributed by atoms with Crippen molar-refractivity contribution in [3.8, 4) is 0 Å². The molecule has 0 aliphatic heterocycles. The van der Waals surface area contributed by atoms with Gasteiger partial charge < -0.3 is 14.2 Å². The molecule has 1 atom stereocenters. The molecule has 0 spiro atoms. The predicted octanol–water partition coefficient (Wildman–Crippen LogP) is 22.8. The Morgan fingerprint density at radius 2 is 0.494 bits per heavy atom. The normalized spacial score (nSPS) is 12.9. The van der Waals surface area contributed by atoms with E-state index in [-0.39, 0.29) is 37.5 Å². The molecule has 0 bridgehead atoms. The third-order valence-electron chi connectivity index (χ3n) is 14.0. The number of hydrogen-bond donors (Lipinski definition) is 0. The SMILES string of the molecule is CC/C=C\C/C=C\C/C=C\C/C=C\C/C=C\CCCCCC(=O)OCC(COC(=O)CCCCCCCCCCCCCCCCCCCCCCCCC)OC(=O)CCCCC/C=C\C/C=C\C/C=C\C/C=C\C/C=C\CC. The molecule has 0 heterocycles. The molecule has 79 heavy (non-hydrogen) atoms.